The van der Waals surface area contributed by atoms with Gasteiger partial charge in [-0.05, 0) is 38.5 Å². The highest BCUT2D eigenvalue weighted by Gasteiger charge is 2.28. The number of fused-ring (bicyclic) bond motifs is 2. The quantitative estimate of drug-likeness (QED) is 0.350. The van der Waals surface area contributed by atoms with Crippen LogP contribution in [0.1, 0.15) is 162 Å². The fourth-order valence-electron chi connectivity index (χ4n) is 5.88. The third kappa shape index (κ3) is 13.6. The Morgan fingerprint density at radius 3 is 1.87 bits per heavy atom. The van der Waals surface area contributed by atoms with Gasteiger partial charge in [-0.15, -0.1) is 0 Å². The van der Waals surface area contributed by atoms with E-state index in [1.807, 2.05) is 0 Å². The van der Waals surface area contributed by atoms with Crippen LogP contribution in [0.15, 0.2) is 0 Å². The summed E-state index contributed by atoms with van der Waals surface area (Å²) in [5.41, 5.74) is 0. The molecule has 2 bridgehead atoms. The molecule has 1 nitrogen and oxygen atoms in total. The summed E-state index contributed by atoms with van der Waals surface area (Å²) < 4.78 is 0. The van der Waals surface area contributed by atoms with E-state index in [-0.39, 0.29) is 0 Å². The van der Waals surface area contributed by atoms with E-state index in [1.165, 1.54) is 148 Å². The maximum absolute atomic E-state index is 4.26. The molecular weight excluding hydrogens is 394 g/mol. The summed E-state index contributed by atoms with van der Waals surface area (Å²) in [5, 5.41) is 6.08. The van der Waals surface area contributed by atoms with Crippen LogP contribution >= 0.6 is 11.8 Å². The van der Waals surface area contributed by atoms with Crippen LogP contribution in [0.25, 0.3) is 0 Å². The van der Waals surface area contributed by atoms with E-state index in [1.54, 1.807) is 0 Å². The van der Waals surface area contributed by atoms with Crippen LogP contribution < -0.4 is 5.32 Å². The van der Waals surface area contributed by atoms with Gasteiger partial charge in [0.25, 0.3) is 0 Å². The molecule has 1 saturated carbocycles. The second-order valence-electron chi connectivity index (χ2n) is 10.9. The zero-order valence-electron chi connectivity index (χ0n) is 21.5. The van der Waals surface area contributed by atoms with Crippen molar-refractivity contribution in [2.75, 3.05) is 0 Å². The highest BCUT2D eigenvalue weighted by molar-refractivity contribution is 8.00. The SMILES string of the molecule is CCCCCCC1CC(CCCCC)SC2CCCCCCCCCCCCC(C2)N1. The minimum Gasteiger partial charge on any atom is -0.311 e. The first kappa shape index (κ1) is 27.6. The van der Waals surface area contributed by atoms with Crippen LogP contribution in [-0.4, -0.2) is 22.6 Å². The molecule has 184 valence electrons. The van der Waals surface area contributed by atoms with E-state index in [2.05, 4.69) is 30.9 Å². The summed E-state index contributed by atoms with van der Waals surface area (Å²) in [7, 11) is 0. The van der Waals surface area contributed by atoms with Gasteiger partial charge in [0.05, 0.1) is 0 Å². The Labute approximate surface area is 201 Å². The molecular formula is C29H57NS. The van der Waals surface area contributed by atoms with Crippen molar-refractivity contribution in [1.82, 2.24) is 5.32 Å². The van der Waals surface area contributed by atoms with E-state index in [0.29, 0.717) is 0 Å². The lowest BCUT2D eigenvalue weighted by molar-refractivity contribution is 0.327. The molecule has 1 saturated heterocycles. The minimum absolute atomic E-state index is 0.781. The van der Waals surface area contributed by atoms with Crippen LogP contribution in [0.2, 0.25) is 0 Å². The molecule has 1 aliphatic carbocycles. The van der Waals surface area contributed by atoms with Gasteiger partial charge < -0.3 is 5.32 Å². The number of hydrogen-bond donors (Lipinski definition) is 1. The summed E-state index contributed by atoms with van der Waals surface area (Å²) >= 11 is 2.44. The monoisotopic (exact) mass is 451 g/mol. The predicted molar refractivity (Wildman–Crippen MR) is 143 cm³/mol. The van der Waals surface area contributed by atoms with Crippen molar-refractivity contribution in [1.29, 1.82) is 0 Å². The maximum Gasteiger partial charge on any atom is 0.00802 e. The largest absolute Gasteiger partial charge is 0.311 e. The second-order valence-corrected chi connectivity index (χ2v) is 12.5. The molecule has 31 heavy (non-hydrogen) atoms. The Bertz CT molecular complexity index is 398. The second kappa shape index (κ2) is 18.7. The van der Waals surface area contributed by atoms with Gasteiger partial charge >= 0.3 is 0 Å². The Kier molecular flexibility index (Phi) is 16.6. The van der Waals surface area contributed by atoms with Crippen molar-refractivity contribution in [3.63, 3.8) is 0 Å². The summed E-state index contributed by atoms with van der Waals surface area (Å²) in [4.78, 5) is 0. The Morgan fingerprint density at radius 2 is 1.19 bits per heavy atom. The Balaban J connectivity index is 1.97. The molecule has 0 aromatic rings. The first-order chi connectivity index (χ1) is 15.3. The fraction of sp³-hybridized carbons (Fsp3) is 1.00. The van der Waals surface area contributed by atoms with Crippen LogP contribution in [0.3, 0.4) is 0 Å². The van der Waals surface area contributed by atoms with Crippen LogP contribution in [0, 0.1) is 0 Å². The van der Waals surface area contributed by atoms with Gasteiger partial charge in [0.15, 0.2) is 0 Å². The fourth-order valence-corrected chi connectivity index (χ4v) is 7.71. The van der Waals surface area contributed by atoms with Crippen molar-refractivity contribution >= 4 is 11.8 Å². The molecule has 1 heterocycles. The third-order valence-electron chi connectivity index (χ3n) is 7.82. The van der Waals surface area contributed by atoms with Gasteiger partial charge in [0.1, 0.15) is 0 Å². The van der Waals surface area contributed by atoms with Gasteiger partial charge in [0.2, 0.25) is 0 Å². The molecule has 2 rings (SSSR count). The lowest BCUT2D eigenvalue weighted by Crippen LogP contribution is -2.43. The molecule has 4 atom stereocenters. The molecule has 2 aliphatic rings. The van der Waals surface area contributed by atoms with Crippen LogP contribution in [0.5, 0.6) is 0 Å². The van der Waals surface area contributed by atoms with Crippen molar-refractivity contribution < 1.29 is 0 Å². The Hall–Kier alpha value is 0.310. The average Bonchev–Trinajstić information content (AvgIpc) is 2.76. The van der Waals surface area contributed by atoms with Crippen molar-refractivity contribution in [3.05, 3.63) is 0 Å². The van der Waals surface area contributed by atoms with Gasteiger partial charge in [-0.25, -0.2) is 0 Å². The highest BCUT2D eigenvalue weighted by Crippen LogP contribution is 2.36. The highest BCUT2D eigenvalue weighted by atomic mass is 32.2. The van der Waals surface area contributed by atoms with E-state index in [4.69, 9.17) is 0 Å². The van der Waals surface area contributed by atoms with E-state index < -0.39 is 0 Å². The number of unbranched alkanes of at least 4 members (excludes halogenated alkanes) is 5. The molecule has 0 radical (unpaired) electrons. The normalized spacial score (nSPS) is 30.0. The van der Waals surface area contributed by atoms with E-state index in [0.717, 1.165) is 22.6 Å². The van der Waals surface area contributed by atoms with Crippen molar-refractivity contribution in [3.8, 4) is 0 Å². The number of thioether (sulfide) groups is 1. The average molecular weight is 452 g/mol. The molecule has 0 spiro atoms. The minimum atomic E-state index is 0.781. The van der Waals surface area contributed by atoms with Crippen LogP contribution in [0.4, 0.5) is 0 Å². The number of rotatable bonds is 9. The topological polar surface area (TPSA) is 12.0 Å². The summed E-state index contributed by atoms with van der Waals surface area (Å²) in [6.45, 7) is 4.69. The zero-order valence-corrected chi connectivity index (χ0v) is 22.3. The first-order valence-electron chi connectivity index (χ1n) is 14.7. The summed E-state index contributed by atoms with van der Waals surface area (Å²) in [5.74, 6) is 0. The zero-order chi connectivity index (χ0) is 22.0. The maximum atomic E-state index is 4.26. The molecule has 1 N–H and O–H groups in total. The Morgan fingerprint density at radius 1 is 0.613 bits per heavy atom. The smallest absolute Gasteiger partial charge is 0.00802 e. The third-order valence-corrected chi connectivity index (χ3v) is 9.44. The first-order valence-corrected chi connectivity index (χ1v) is 15.7. The molecule has 0 aromatic heterocycles. The van der Waals surface area contributed by atoms with Gasteiger partial charge in [0, 0.05) is 22.6 Å². The van der Waals surface area contributed by atoms with Gasteiger partial charge in [-0.2, -0.15) is 11.8 Å². The number of nitrogens with one attached hydrogen (secondary N) is 1. The molecule has 4 unspecified atom stereocenters. The molecule has 0 aromatic carbocycles. The molecule has 2 fully saturated rings. The predicted octanol–water partition coefficient (Wildman–Crippen LogP) is 9.82. The van der Waals surface area contributed by atoms with Crippen molar-refractivity contribution in [2.45, 2.75) is 184 Å². The van der Waals surface area contributed by atoms with Crippen LogP contribution in [-0.2, 0) is 0 Å². The van der Waals surface area contributed by atoms with E-state index >= 15 is 0 Å². The molecule has 2 heteroatoms. The van der Waals surface area contributed by atoms with Gasteiger partial charge in [-0.3, -0.25) is 0 Å². The van der Waals surface area contributed by atoms with E-state index in [9.17, 15) is 0 Å². The summed E-state index contributed by atoms with van der Waals surface area (Å²) in [6.07, 6.45) is 33.4. The van der Waals surface area contributed by atoms with Crippen molar-refractivity contribution in [2.24, 2.45) is 0 Å². The molecule has 1 aliphatic heterocycles. The lowest BCUT2D eigenvalue weighted by Gasteiger charge is -2.36. The van der Waals surface area contributed by atoms with Gasteiger partial charge in [-0.1, -0.05) is 123 Å². The molecule has 0 amide bonds. The summed E-state index contributed by atoms with van der Waals surface area (Å²) in [6, 6.07) is 1.57. The number of hydrogen-bond acceptors (Lipinski definition) is 2. The lowest BCUT2D eigenvalue weighted by atomic mass is 9.95. The standard InChI is InChI=1S/C29H57NS/c1-3-5-7-17-20-26-24-28(22-16-6-4-2)31-29-23-19-15-13-11-9-8-10-12-14-18-21-27(25-29)30-26/h26-30H,3-25H2,1-2H3.